The molecule has 4 N–H and O–H groups in total. The summed E-state index contributed by atoms with van der Waals surface area (Å²) in [4.78, 5) is 14.7. The molecule has 0 radical (unpaired) electrons. The first-order valence-corrected chi connectivity index (χ1v) is 7.34. The normalized spacial score (nSPS) is 12.5. The van der Waals surface area contributed by atoms with E-state index < -0.39 is 0 Å². The Balaban J connectivity index is 2.47. The molecule has 0 atom stereocenters. The molecule has 2 rings (SSSR count). The zero-order chi connectivity index (χ0) is 16.1. The predicted molar refractivity (Wildman–Crippen MR) is 93.4 cm³/mol. The number of H-pyrrole nitrogens is 1. The number of benzene rings is 1. The van der Waals surface area contributed by atoms with Crippen LogP contribution in [0.2, 0.25) is 0 Å². The number of aromatic amines is 1. The number of aryl methyl sites for hydroxylation is 1. The van der Waals surface area contributed by atoms with Gasteiger partial charge in [-0.3, -0.25) is 9.55 Å². The third-order valence-corrected chi connectivity index (χ3v) is 3.52. The van der Waals surface area contributed by atoms with Gasteiger partial charge in [-0.1, -0.05) is 33.6 Å². The number of imidazole rings is 1. The maximum atomic E-state index is 12.1. The summed E-state index contributed by atoms with van der Waals surface area (Å²) in [5.74, 6) is 0.292. The summed E-state index contributed by atoms with van der Waals surface area (Å²) < 4.78 is 2.23. The molecule has 0 aliphatic rings. The van der Waals surface area contributed by atoms with Crippen molar-refractivity contribution in [3.05, 3.63) is 75.0 Å². The van der Waals surface area contributed by atoms with Gasteiger partial charge in [0.15, 0.2) is 0 Å². The van der Waals surface area contributed by atoms with Crippen LogP contribution >= 0.6 is 15.9 Å². The number of nitrogen functional groups attached to an aromatic ring is 1. The van der Waals surface area contributed by atoms with Crippen LogP contribution in [0.25, 0.3) is 11.8 Å². The van der Waals surface area contributed by atoms with E-state index in [2.05, 4.69) is 20.9 Å². The fourth-order valence-corrected chi connectivity index (χ4v) is 2.21. The molecule has 0 aliphatic heterocycles. The second kappa shape index (κ2) is 7.00. The minimum absolute atomic E-state index is 0.292. The van der Waals surface area contributed by atoms with E-state index in [1.54, 1.807) is 18.2 Å². The van der Waals surface area contributed by atoms with Crippen molar-refractivity contribution in [2.24, 2.45) is 0 Å². The van der Waals surface area contributed by atoms with Crippen molar-refractivity contribution in [3.8, 4) is 5.69 Å². The highest BCUT2D eigenvalue weighted by atomic mass is 79.9. The minimum Gasteiger partial charge on any atom is -0.516 e. The fraction of sp³-hybridized carbons (Fsp3) is 0.0625. The third kappa shape index (κ3) is 3.59. The van der Waals surface area contributed by atoms with Crippen molar-refractivity contribution >= 4 is 27.8 Å². The number of aromatic nitrogens is 2. The van der Waals surface area contributed by atoms with Gasteiger partial charge in [0.2, 0.25) is 0 Å². The highest BCUT2D eigenvalue weighted by Crippen LogP contribution is 2.18. The molecule has 6 heteroatoms. The van der Waals surface area contributed by atoms with Gasteiger partial charge in [-0.2, -0.15) is 0 Å². The number of hydrogen-bond donors (Lipinski definition) is 3. The number of nitrogens with two attached hydrogens (primary N) is 1. The van der Waals surface area contributed by atoms with Crippen molar-refractivity contribution in [2.75, 3.05) is 5.73 Å². The first kappa shape index (κ1) is 15.9. The lowest BCUT2D eigenvalue weighted by atomic mass is 10.2. The van der Waals surface area contributed by atoms with Crippen LogP contribution in [-0.4, -0.2) is 14.7 Å². The van der Waals surface area contributed by atoms with Crippen LogP contribution < -0.4 is 11.4 Å². The number of allylic oxidation sites excluding steroid dienone is 4. The van der Waals surface area contributed by atoms with Crippen molar-refractivity contribution in [1.82, 2.24) is 9.55 Å². The Morgan fingerprint density at radius 1 is 1.36 bits per heavy atom. The molecule has 1 heterocycles. The number of anilines is 1. The molecule has 0 aliphatic carbocycles. The molecular weight excluding hydrogens is 346 g/mol. The van der Waals surface area contributed by atoms with Gasteiger partial charge in [-0.15, -0.1) is 0 Å². The lowest BCUT2D eigenvalue weighted by Gasteiger charge is -2.05. The summed E-state index contributed by atoms with van der Waals surface area (Å²) in [7, 11) is 0. The van der Waals surface area contributed by atoms with Crippen LogP contribution in [0, 0.1) is 6.92 Å². The summed E-state index contributed by atoms with van der Waals surface area (Å²) in [6.07, 6.45) is 7.53. The molecule has 0 fully saturated rings. The Bertz CT molecular complexity index is 796. The Morgan fingerprint density at radius 2 is 2.05 bits per heavy atom. The maximum Gasteiger partial charge on any atom is 0.332 e. The van der Waals surface area contributed by atoms with E-state index in [0.29, 0.717) is 11.5 Å². The van der Waals surface area contributed by atoms with Crippen LogP contribution in [0.3, 0.4) is 0 Å². The molecule has 114 valence electrons. The van der Waals surface area contributed by atoms with Crippen LogP contribution in [0.5, 0.6) is 0 Å². The zero-order valence-electron chi connectivity index (χ0n) is 12.0. The van der Waals surface area contributed by atoms with Gasteiger partial charge in [0.25, 0.3) is 0 Å². The van der Waals surface area contributed by atoms with E-state index in [9.17, 15) is 4.79 Å². The van der Waals surface area contributed by atoms with E-state index in [-0.39, 0.29) is 5.69 Å². The Hall–Kier alpha value is -2.47. The first-order valence-electron chi connectivity index (χ1n) is 6.55. The molecule has 0 amide bonds. The van der Waals surface area contributed by atoms with Gasteiger partial charge >= 0.3 is 5.69 Å². The average molecular weight is 362 g/mol. The summed E-state index contributed by atoms with van der Waals surface area (Å²) in [5.41, 5.74) is 7.99. The molecule has 0 spiro atoms. The summed E-state index contributed by atoms with van der Waals surface area (Å²) in [6, 6.07) is 7.59. The Labute approximate surface area is 136 Å². The lowest BCUT2D eigenvalue weighted by Crippen LogP contribution is -2.15. The van der Waals surface area contributed by atoms with Crippen molar-refractivity contribution < 1.29 is 5.11 Å². The second-order valence-corrected chi connectivity index (χ2v) is 5.54. The highest BCUT2D eigenvalue weighted by molar-refractivity contribution is 9.11. The second-order valence-electron chi connectivity index (χ2n) is 4.63. The molecule has 2 aromatic rings. The van der Waals surface area contributed by atoms with Crippen molar-refractivity contribution in [3.63, 3.8) is 0 Å². The van der Waals surface area contributed by atoms with E-state index in [4.69, 9.17) is 10.8 Å². The molecular formula is C16H16BrN3O2. The smallest absolute Gasteiger partial charge is 0.332 e. The summed E-state index contributed by atoms with van der Waals surface area (Å²) in [6.45, 7) is 1.98. The highest BCUT2D eigenvalue weighted by Gasteiger charge is 2.10. The molecule has 22 heavy (non-hydrogen) atoms. The van der Waals surface area contributed by atoms with E-state index in [0.717, 1.165) is 22.0 Å². The quantitative estimate of drug-likeness (QED) is 0.576. The molecule has 0 bridgehead atoms. The van der Waals surface area contributed by atoms with Crippen molar-refractivity contribution in [2.45, 2.75) is 6.92 Å². The van der Waals surface area contributed by atoms with Crippen LogP contribution in [0.4, 0.5) is 5.82 Å². The topological polar surface area (TPSA) is 84.0 Å². The monoisotopic (exact) mass is 361 g/mol. The number of nitrogens with one attached hydrogen (secondary N) is 1. The molecule has 0 saturated heterocycles. The predicted octanol–water partition coefficient (Wildman–Crippen LogP) is 3.42. The molecule has 5 nitrogen and oxygen atoms in total. The van der Waals surface area contributed by atoms with Crippen LogP contribution in [0.1, 0.15) is 11.3 Å². The van der Waals surface area contributed by atoms with E-state index >= 15 is 0 Å². The molecule has 1 aromatic carbocycles. The Kier molecular flexibility index (Phi) is 5.06. The molecule has 0 saturated carbocycles. The number of halogens is 1. The summed E-state index contributed by atoms with van der Waals surface area (Å²) in [5, 5.41) is 8.62. The van der Waals surface area contributed by atoms with Gasteiger partial charge in [0.05, 0.1) is 17.6 Å². The molecule has 1 aromatic heterocycles. The minimum atomic E-state index is -0.295. The van der Waals surface area contributed by atoms with Gasteiger partial charge in [0.1, 0.15) is 5.82 Å². The standard InChI is InChI=1S/C16H16BrN3O2/c1-11-4-7-13(8-5-11)20-14(15(18)19-16(20)22)9-6-12(17)3-2-10-21/h2-10,21H,18H2,1H3,(H,19,22)/b9-6+,10-2+,12-3+. The number of aliphatic hydroxyl groups is 1. The van der Waals surface area contributed by atoms with E-state index in [1.807, 2.05) is 31.2 Å². The average Bonchev–Trinajstić information content (AvgIpc) is 2.78. The maximum absolute atomic E-state index is 12.1. The van der Waals surface area contributed by atoms with E-state index in [1.165, 1.54) is 10.6 Å². The summed E-state index contributed by atoms with van der Waals surface area (Å²) >= 11 is 3.33. The molecule has 0 unspecified atom stereocenters. The van der Waals surface area contributed by atoms with Gasteiger partial charge in [-0.05, 0) is 43.4 Å². The lowest BCUT2D eigenvalue weighted by molar-refractivity contribution is 0.473. The number of rotatable bonds is 4. The SMILES string of the molecule is Cc1ccc(-n2c(/C=C/C(Br)=C\C=C\O)c(N)[nH]c2=O)cc1. The Morgan fingerprint density at radius 3 is 2.68 bits per heavy atom. The van der Waals surface area contributed by atoms with Gasteiger partial charge in [0, 0.05) is 4.48 Å². The largest absolute Gasteiger partial charge is 0.516 e. The number of hydrogen-bond acceptors (Lipinski definition) is 3. The first-order chi connectivity index (χ1) is 10.5. The number of aliphatic hydroxyl groups excluding tert-OH is 1. The van der Waals surface area contributed by atoms with Gasteiger partial charge < -0.3 is 10.8 Å². The van der Waals surface area contributed by atoms with Crippen LogP contribution in [0.15, 0.2) is 58.0 Å². The van der Waals surface area contributed by atoms with Crippen molar-refractivity contribution in [1.29, 1.82) is 0 Å². The number of nitrogens with zero attached hydrogens (tertiary/aromatic N) is 1. The fourth-order valence-electron chi connectivity index (χ4n) is 1.93. The zero-order valence-corrected chi connectivity index (χ0v) is 13.5. The third-order valence-electron chi connectivity index (χ3n) is 3.00. The van der Waals surface area contributed by atoms with Crippen LogP contribution in [-0.2, 0) is 0 Å². The van der Waals surface area contributed by atoms with Gasteiger partial charge in [-0.25, -0.2) is 4.79 Å².